The molecule has 4 nitrogen and oxygen atoms in total. The van der Waals surface area contributed by atoms with E-state index in [9.17, 15) is 9.18 Å². The molecule has 0 fully saturated rings. The summed E-state index contributed by atoms with van der Waals surface area (Å²) in [5, 5.41) is 6.84. The topological polar surface area (TPSA) is 54.0 Å². The normalized spacial score (nSPS) is 13.8. The number of amides is 1. The van der Waals surface area contributed by atoms with Crippen molar-refractivity contribution in [1.82, 2.24) is 10.3 Å². The number of aryl methyl sites for hydroxylation is 1. The van der Waals surface area contributed by atoms with E-state index in [-0.39, 0.29) is 35.2 Å². The Kier molecular flexibility index (Phi) is 5.86. The Morgan fingerprint density at radius 2 is 2.08 bits per heavy atom. The van der Waals surface area contributed by atoms with Crippen LogP contribution in [0.2, 0.25) is 0 Å². The summed E-state index contributed by atoms with van der Waals surface area (Å²) >= 11 is 1.37. The quantitative estimate of drug-likeness (QED) is 0.816. The lowest BCUT2D eigenvalue weighted by Crippen LogP contribution is -2.25. The molecule has 0 saturated carbocycles. The van der Waals surface area contributed by atoms with Crippen LogP contribution in [0.4, 0.5) is 10.1 Å². The summed E-state index contributed by atoms with van der Waals surface area (Å²) in [5.41, 5.74) is 2.47. The van der Waals surface area contributed by atoms with Gasteiger partial charge in [0, 0.05) is 12.0 Å². The summed E-state index contributed by atoms with van der Waals surface area (Å²) < 4.78 is 14.7. The summed E-state index contributed by atoms with van der Waals surface area (Å²) in [6, 6.07) is 3.51. The summed E-state index contributed by atoms with van der Waals surface area (Å²) in [5.74, 6) is -0.617. The van der Waals surface area contributed by atoms with Gasteiger partial charge < -0.3 is 10.6 Å². The fraction of sp³-hybridized carbons (Fsp3) is 0.444. The predicted molar refractivity (Wildman–Crippen MR) is 103 cm³/mol. The molecule has 1 aromatic carbocycles. The Hall–Kier alpha value is -1.50. The summed E-state index contributed by atoms with van der Waals surface area (Å²) in [6.45, 7) is 9.42. The van der Waals surface area contributed by atoms with E-state index in [1.165, 1.54) is 11.3 Å². The van der Waals surface area contributed by atoms with Gasteiger partial charge in [-0.05, 0) is 37.1 Å². The number of hydrogen-bond donors (Lipinski definition) is 2. The van der Waals surface area contributed by atoms with Crippen LogP contribution in [0.15, 0.2) is 12.1 Å². The molecule has 2 aromatic rings. The van der Waals surface area contributed by atoms with Crippen LogP contribution < -0.4 is 10.6 Å². The molecular weight excluding hydrogens is 361 g/mol. The number of rotatable bonds is 2. The van der Waals surface area contributed by atoms with Gasteiger partial charge >= 0.3 is 0 Å². The van der Waals surface area contributed by atoms with Crippen LogP contribution in [-0.2, 0) is 18.4 Å². The van der Waals surface area contributed by atoms with E-state index < -0.39 is 0 Å². The predicted octanol–water partition coefficient (Wildman–Crippen LogP) is 4.21. The third kappa shape index (κ3) is 4.02. The zero-order chi connectivity index (χ0) is 17.5. The Labute approximate surface area is 157 Å². The molecule has 136 valence electrons. The number of thiazole rings is 1. The molecular formula is C18H23ClFN3OS. The van der Waals surface area contributed by atoms with E-state index in [0.29, 0.717) is 29.1 Å². The first-order valence-corrected chi connectivity index (χ1v) is 8.89. The molecule has 1 aromatic heterocycles. The van der Waals surface area contributed by atoms with E-state index in [1.807, 2.05) is 13.0 Å². The van der Waals surface area contributed by atoms with Crippen molar-refractivity contribution >= 4 is 35.3 Å². The van der Waals surface area contributed by atoms with Crippen LogP contribution in [0.3, 0.4) is 0 Å². The van der Waals surface area contributed by atoms with Crippen molar-refractivity contribution in [2.24, 2.45) is 0 Å². The highest BCUT2D eigenvalue weighted by atomic mass is 35.5. The molecule has 0 radical (unpaired) electrons. The number of halogens is 2. The number of aromatic nitrogens is 1. The van der Waals surface area contributed by atoms with Gasteiger partial charge in [-0.2, -0.15) is 0 Å². The van der Waals surface area contributed by atoms with Crippen molar-refractivity contribution in [2.45, 2.75) is 46.1 Å². The van der Waals surface area contributed by atoms with Gasteiger partial charge in [0.05, 0.1) is 16.4 Å². The maximum absolute atomic E-state index is 14.7. The van der Waals surface area contributed by atoms with Crippen LogP contribution in [0.1, 0.15) is 52.3 Å². The van der Waals surface area contributed by atoms with E-state index in [2.05, 4.69) is 36.4 Å². The van der Waals surface area contributed by atoms with Gasteiger partial charge in [0.15, 0.2) is 0 Å². The molecule has 0 atom stereocenters. The van der Waals surface area contributed by atoms with Gasteiger partial charge in [-0.25, -0.2) is 9.37 Å². The summed E-state index contributed by atoms with van der Waals surface area (Å²) in [6.07, 6.45) is 0.638. The first-order chi connectivity index (χ1) is 11.3. The summed E-state index contributed by atoms with van der Waals surface area (Å²) in [4.78, 5) is 17.6. The highest BCUT2D eigenvalue weighted by Gasteiger charge is 2.24. The number of nitrogens with one attached hydrogen (secondary N) is 2. The Morgan fingerprint density at radius 1 is 1.36 bits per heavy atom. The largest absolute Gasteiger partial charge is 0.319 e. The van der Waals surface area contributed by atoms with Gasteiger partial charge in [0.25, 0.3) is 5.91 Å². The van der Waals surface area contributed by atoms with Crippen molar-refractivity contribution in [3.05, 3.63) is 44.7 Å². The van der Waals surface area contributed by atoms with Crippen molar-refractivity contribution < 1.29 is 9.18 Å². The third-order valence-electron chi connectivity index (χ3n) is 4.10. The summed E-state index contributed by atoms with van der Waals surface area (Å²) in [7, 11) is 0. The second-order valence-corrected chi connectivity index (χ2v) is 8.13. The number of fused-ring (bicyclic) bond motifs is 1. The maximum atomic E-state index is 14.7. The van der Waals surface area contributed by atoms with Crippen LogP contribution in [0.25, 0.3) is 0 Å². The minimum Gasteiger partial charge on any atom is -0.319 e. The van der Waals surface area contributed by atoms with Gasteiger partial charge in [-0.15, -0.1) is 23.7 Å². The molecule has 3 rings (SSSR count). The lowest BCUT2D eigenvalue weighted by molar-refractivity contribution is 0.102. The van der Waals surface area contributed by atoms with Crippen molar-refractivity contribution in [3.8, 4) is 0 Å². The first-order valence-electron chi connectivity index (χ1n) is 8.07. The molecule has 0 spiro atoms. The first kappa shape index (κ1) is 19.8. The molecule has 0 saturated heterocycles. The fourth-order valence-corrected chi connectivity index (χ4v) is 3.76. The third-order valence-corrected chi connectivity index (χ3v) is 5.68. The average molecular weight is 384 g/mol. The average Bonchev–Trinajstić information content (AvgIpc) is 2.92. The fourth-order valence-electron chi connectivity index (χ4n) is 2.74. The smallest absolute Gasteiger partial charge is 0.267 e. The van der Waals surface area contributed by atoms with Crippen molar-refractivity contribution in [1.29, 1.82) is 0 Å². The minimum absolute atomic E-state index is 0. The number of nitrogens with zero attached hydrogens (tertiary/aromatic N) is 1. The van der Waals surface area contributed by atoms with E-state index in [0.717, 1.165) is 17.1 Å². The molecule has 25 heavy (non-hydrogen) atoms. The Morgan fingerprint density at radius 3 is 2.72 bits per heavy atom. The van der Waals surface area contributed by atoms with Gasteiger partial charge in [-0.3, -0.25) is 4.79 Å². The molecule has 2 N–H and O–H groups in total. The molecule has 2 heterocycles. The standard InChI is InChI=1S/C18H22FN3OS.ClH/c1-10-15(24-17(21-10)18(2,3)4)16(23)22-13-6-5-11-9-20-8-7-12(11)14(13)19;/h5-6,20H,7-9H2,1-4H3,(H,22,23);1H. The van der Waals surface area contributed by atoms with Gasteiger partial charge in [0.2, 0.25) is 0 Å². The number of carbonyl (C=O) groups is 1. The lowest BCUT2D eigenvalue weighted by Gasteiger charge is -2.19. The van der Waals surface area contributed by atoms with Crippen LogP contribution in [-0.4, -0.2) is 17.4 Å². The zero-order valence-corrected chi connectivity index (χ0v) is 16.5. The number of carbonyl (C=O) groups excluding carboxylic acids is 1. The van der Waals surface area contributed by atoms with E-state index >= 15 is 0 Å². The molecule has 0 aliphatic carbocycles. The number of hydrogen-bond acceptors (Lipinski definition) is 4. The van der Waals surface area contributed by atoms with Crippen LogP contribution in [0, 0.1) is 12.7 Å². The van der Waals surface area contributed by atoms with E-state index in [1.54, 1.807) is 6.07 Å². The monoisotopic (exact) mass is 383 g/mol. The number of anilines is 1. The van der Waals surface area contributed by atoms with Gasteiger partial charge in [0.1, 0.15) is 10.7 Å². The molecule has 1 amide bonds. The SMILES string of the molecule is Cc1nc(C(C)(C)C)sc1C(=O)Nc1ccc2c(c1F)CCNC2.Cl. The number of benzene rings is 1. The van der Waals surface area contributed by atoms with Crippen LogP contribution in [0.5, 0.6) is 0 Å². The van der Waals surface area contributed by atoms with Crippen molar-refractivity contribution in [2.75, 3.05) is 11.9 Å². The Balaban J connectivity index is 0.00000225. The van der Waals surface area contributed by atoms with Crippen molar-refractivity contribution in [3.63, 3.8) is 0 Å². The van der Waals surface area contributed by atoms with E-state index in [4.69, 9.17) is 0 Å². The molecule has 0 bridgehead atoms. The minimum atomic E-state index is -0.319. The Bertz CT molecular complexity index is 798. The van der Waals surface area contributed by atoms with Gasteiger partial charge in [-0.1, -0.05) is 26.8 Å². The maximum Gasteiger partial charge on any atom is 0.267 e. The highest BCUT2D eigenvalue weighted by molar-refractivity contribution is 7.14. The molecule has 7 heteroatoms. The lowest BCUT2D eigenvalue weighted by atomic mass is 9.98. The molecule has 0 unspecified atom stereocenters. The second kappa shape index (κ2) is 7.40. The van der Waals surface area contributed by atoms with Crippen LogP contribution >= 0.6 is 23.7 Å². The molecule has 1 aliphatic rings. The second-order valence-electron chi connectivity index (χ2n) is 7.13. The zero-order valence-electron chi connectivity index (χ0n) is 14.8. The highest BCUT2D eigenvalue weighted by Crippen LogP contribution is 2.30. The molecule has 1 aliphatic heterocycles.